The van der Waals surface area contributed by atoms with Crippen molar-refractivity contribution >= 4 is 11.8 Å². The van der Waals surface area contributed by atoms with Gasteiger partial charge in [0.2, 0.25) is 0 Å². The van der Waals surface area contributed by atoms with Gasteiger partial charge in [-0.1, -0.05) is 23.3 Å². The summed E-state index contributed by atoms with van der Waals surface area (Å²) in [5.74, 6) is 0. The highest BCUT2D eigenvalue weighted by Crippen LogP contribution is 2.20. The molecule has 0 saturated carbocycles. The summed E-state index contributed by atoms with van der Waals surface area (Å²) in [6.07, 6.45) is -0.757. The summed E-state index contributed by atoms with van der Waals surface area (Å²) >= 11 is 0. The predicted molar refractivity (Wildman–Crippen MR) is 58.1 cm³/mol. The standard InChI is InChI=1S/C10H10N4O2/c11-13-12-6-9-7-14(10(15)16-9)8-4-2-1-3-5-8/h1-5,9H,6-7H2/t9-/m0/s1. The van der Waals surface area contributed by atoms with Crippen molar-refractivity contribution in [1.82, 2.24) is 0 Å². The molecular weight excluding hydrogens is 208 g/mol. The Labute approximate surface area is 92.1 Å². The van der Waals surface area contributed by atoms with Crippen molar-refractivity contribution in [3.8, 4) is 0 Å². The number of rotatable bonds is 3. The highest BCUT2D eigenvalue weighted by atomic mass is 16.6. The molecule has 2 rings (SSSR count). The second-order valence-corrected chi connectivity index (χ2v) is 3.37. The van der Waals surface area contributed by atoms with Crippen molar-refractivity contribution < 1.29 is 9.53 Å². The third kappa shape index (κ3) is 2.07. The maximum absolute atomic E-state index is 11.5. The fraction of sp³-hybridized carbons (Fsp3) is 0.300. The zero-order valence-electron chi connectivity index (χ0n) is 8.48. The molecule has 16 heavy (non-hydrogen) atoms. The first-order chi connectivity index (χ1) is 7.81. The second-order valence-electron chi connectivity index (χ2n) is 3.37. The van der Waals surface area contributed by atoms with Gasteiger partial charge in [-0.15, -0.1) is 0 Å². The van der Waals surface area contributed by atoms with Crippen molar-refractivity contribution in [2.24, 2.45) is 5.11 Å². The minimum atomic E-state index is -0.399. The molecule has 0 bridgehead atoms. The first-order valence-electron chi connectivity index (χ1n) is 4.85. The van der Waals surface area contributed by atoms with E-state index < -0.39 is 6.09 Å². The summed E-state index contributed by atoms with van der Waals surface area (Å²) in [6, 6.07) is 9.24. The van der Waals surface area contributed by atoms with E-state index in [2.05, 4.69) is 10.0 Å². The zero-order chi connectivity index (χ0) is 11.4. The Morgan fingerprint density at radius 3 is 2.94 bits per heavy atom. The molecule has 0 aliphatic carbocycles. The van der Waals surface area contributed by atoms with Gasteiger partial charge in [0.15, 0.2) is 0 Å². The Bertz CT molecular complexity index is 428. The van der Waals surface area contributed by atoms with Crippen LogP contribution in [0.1, 0.15) is 0 Å². The zero-order valence-corrected chi connectivity index (χ0v) is 8.48. The van der Waals surface area contributed by atoms with Crippen LogP contribution >= 0.6 is 0 Å². The van der Waals surface area contributed by atoms with Crippen LogP contribution in [-0.4, -0.2) is 25.3 Å². The molecule has 0 aromatic heterocycles. The van der Waals surface area contributed by atoms with Crippen LogP contribution in [0.3, 0.4) is 0 Å². The van der Waals surface area contributed by atoms with Crippen molar-refractivity contribution in [3.05, 3.63) is 40.8 Å². The largest absolute Gasteiger partial charge is 0.444 e. The number of hydrogen-bond acceptors (Lipinski definition) is 3. The van der Waals surface area contributed by atoms with Gasteiger partial charge in [0.25, 0.3) is 0 Å². The summed E-state index contributed by atoms with van der Waals surface area (Å²) < 4.78 is 5.05. The first kappa shape index (κ1) is 10.3. The van der Waals surface area contributed by atoms with E-state index in [-0.39, 0.29) is 12.6 Å². The van der Waals surface area contributed by atoms with Gasteiger partial charge < -0.3 is 4.74 Å². The predicted octanol–water partition coefficient (Wildman–Crippen LogP) is 2.32. The lowest BCUT2D eigenvalue weighted by atomic mass is 10.3. The molecule has 1 aromatic carbocycles. The van der Waals surface area contributed by atoms with Gasteiger partial charge in [-0.05, 0) is 17.7 Å². The first-order valence-corrected chi connectivity index (χ1v) is 4.85. The van der Waals surface area contributed by atoms with E-state index >= 15 is 0 Å². The molecular formula is C10H10N4O2. The van der Waals surface area contributed by atoms with Crippen LogP contribution in [0.15, 0.2) is 35.4 Å². The van der Waals surface area contributed by atoms with Crippen LogP contribution in [0.25, 0.3) is 10.4 Å². The van der Waals surface area contributed by atoms with Crippen LogP contribution in [0, 0.1) is 0 Å². The average molecular weight is 218 g/mol. The van der Waals surface area contributed by atoms with Gasteiger partial charge in [0, 0.05) is 10.6 Å². The van der Waals surface area contributed by atoms with Crippen LogP contribution in [0.5, 0.6) is 0 Å². The summed E-state index contributed by atoms with van der Waals surface area (Å²) in [5, 5.41) is 3.39. The van der Waals surface area contributed by atoms with Crippen LogP contribution in [0.2, 0.25) is 0 Å². The molecule has 0 N–H and O–H groups in total. The molecule has 6 nitrogen and oxygen atoms in total. The van der Waals surface area contributed by atoms with Gasteiger partial charge in [-0.25, -0.2) is 4.79 Å². The number of azide groups is 1. The molecule has 0 spiro atoms. The Morgan fingerprint density at radius 1 is 1.50 bits per heavy atom. The molecule has 6 heteroatoms. The topological polar surface area (TPSA) is 78.3 Å². The number of nitrogens with zero attached hydrogens (tertiary/aromatic N) is 4. The van der Waals surface area contributed by atoms with Crippen molar-refractivity contribution in [3.63, 3.8) is 0 Å². The smallest absolute Gasteiger partial charge is 0.414 e. The Morgan fingerprint density at radius 2 is 2.25 bits per heavy atom. The molecule has 0 unspecified atom stereocenters. The summed E-state index contributed by atoms with van der Waals surface area (Å²) in [6.45, 7) is 0.591. The highest BCUT2D eigenvalue weighted by molar-refractivity contribution is 5.89. The lowest BCUT2D eigenvalue weighted by molar-refractivity contribution is 0.145. The second kappa shape index (κ2) is 4.55. The number of anilines is 1. The average Bonchev–Trinajstić information content (AvgIpc) is 2.69. The SMILES string of the molecule is [N-]=[N+]=NC[C@H]1CN(c2ccccc2)C(=O)O1. The summed E-state index contributed by atoms with van der Waals surface area (Å²) in [5.41, 5.74) is 8.97. The Hall–Kier alpha value is -2.20. The third-order valence-electron chi connectivity index (χ3n) is 2.29. The van der Waals surface area contributed by atoms with Crippen LogP contribution < -0.4 is 4.90 Å². The number of amides is 1. The van der Waals surface area contributed by atoms with E-state index in [1.54, 1.807) is 0 Å². The minimum absolute atomic E-state index is 0.172. The number of para-hydroxylation sites is 1. The molecule has 1 atom stereocenters. The Balaban J connectivity index is 2.08. The van der Waals surface area contributed by atoms with Gasteiger partial charge in [0.1, 0.15) is 6.10 Å². The third-order valence-corrected chi connectivity index (χ3v) is 2.29. The molecule has 1 heterocycles. The summed E-state index contributed by atoms with van der Waals surface area (Å²) in [4.78, 5) is 15.7. The molecule has 82 valence electrons. The van der Waals surface area contributed by atoms with Gasteiger partial charge in [0.05, 0.1) is 13.1 Å². The molecule has 0 radical (unpaired) electrons. The highest BCUT2D eigenvalue weighted by Gasteiger charge is 2.31. The van der Waals surface area contributed by atoms with Crippen molar-refractivity contribution in [2.45, 2.75) is 6.10 Å². The normalized spacial score (nSPS) is 19.1. The molecule has 1 aliphatic rings. The minimum Gasteiger partial charge on any atom is -0.444 e. The lowest BCUT2D eigenvalue weighted by Gasteiger charge is -2.11. The number of carbonyl (C=O) groups excluding carboxylic acids is 1. The van der Waals surface area contributed by atoms with Crippen LogP contribution in [0.4, 0.5) is 10.5 Å². The van der Waals surface area contributed by atoms with E-state index in [4.69, 9.17) is 10.3 Å². The van der Waals surface area contributed by atoms with Gasteiger partial charge in [-0.2, -0.15) is 0 Å². The summed E-state index contributed by atoms with van der Waals surface area (Å²) in [7, 11) is 0. The van der Waals surface area contributed by atoms with E-state index in [1.165, 1.54) is 4.90 Å². The van der Waals surface area contributed by atoms with E-state index in [0.717, 1.165) is 5.69 Å². The van der Waals surface area contributed by atoms with Crippen molar-refractivity contribution in [2.75, 3.05) is 18.0 Å². The number of carbonyl (C=O) groups is 1. The number of ether oxygens (including phenoxy) is 1. The van der Waals surface area contributed by atoms with Gasteiger partial charge >= 0.3 is 6.09 Å². The fourth-order valence-corrected chi connectivity index (χ4v) is 1.56. The van der Waals surface area contributed by atoms with Crippen LogP contribution in [-0.2, 0) is 4.74 Å². The van der Waals surface area contributed by atoms with Gasteiger partial charge in [-0.3, -0.25) is 4.90 Å². The molecule has 1 amide bonds. The number of hydrogen-bond donors (Lipinski definition) is 0. The van der Waals surface area contributed by atoms with E-state index in [0.29, 0.717) is 6.54 Å². The lowest BCUT2D eigenvalue weighted by Crippen LogP contribution is -2.24. The molecule has 1 aromatic rings. The monoisotopic (exact) mass is 218 g/mol. The Kier molecular flexibility index (Phi) is 2.93. The number of benzene rings is 1. The molecule has 1 aliphatic heterocycles. The maximum Gasteiger partial charge on any atom is 0.414 e. The quantitative estimate of drug-likeness (QED) is 0.443. The molecule has 1 saturated heterocycles. The van der Waals surface area contributed by atoms with E-state index in [9.17, 15) is 4.79 Å². The van der Waals surface area contributed by atoms with E-state index in [1.807, 2.05) is 30.3 Å². The van der Waals surface area contributed by atoms with Crippen molar-refractivity contribution in [1.29, 1.82) is 0 Å². The maximum atomic E-state index is 11.5. The molecule has 1 fully saturated rings. The number of cyclic esters (lactones) is 1. The fourth-order valence-electron chi connectivity index (χ4n) is 1.56.